The Hall–Kier alpha value is -2.04. The van der Waals surface area contributed by atoms with Gasteiger partial charge in [0.2, 0.25) is 0 Å². The van der Waals surface area contributed by atoms with E-state index in [0.717, 1.165) is 0 Å². The summed E-state index contributed by atoms with van der Waals surface area (Å²) in [6.07, 6.45) is 0. The lowest BCUT2D eigenvalue weighted by Gasteiger charge is -2.02. The smallest absolute Gasteiger partial charge is 0.172 e. The van der Waals surface area contributed by atoms with Crippen molar-refractivity contribution in [2.75, 3.05) is 5.73 Å². The number of hydrogen-bond acceptors (Lipinski definition) is 4. The number of nitrogen functional groups attached to an aromatic ring is 1. The second-order valence-electron chi connectivity index (χ2n) is 3.24. The molecule has 0 spiro atoms. The van der Waals surface area contributed by atoms with E-state index < -0.39 is 5.82 Å². The first-order valence-electron chi connectivity index (χ1n) is 4.29. The van der Waals surface area contributed by atoms with E-state index in [1.54, 1.807) is 6.92 Å². The molecule has 4 nitrogen and oxygen atoms in total. The fraction of sp³-hybridized carbons (Fsp3) is 0.100. The normalized spacial score (nSPS) is 10.5. The third-order valence-corrected chi connectivity index (χ3v) is 2.03. The van der Waals surface area contributed by atoms with Crippen molar-refractivity contribution in [2.45, 2.75) is 6.92 Å². The number of nitrogens with zero attached hydrogens (tertiary/aromatic N) is 1. The highest BCUT2D eigenvalue weighted by molar-refractivity contribution is 5.63. The van der Waals surface area contributed by atoms with E-state index in [4.69, 9.17) is 10.3 Å². The predicted molar refractivity (Wildman–Crippen MR) is 52.7 cm³/mol. The van der Waals surface area contributed by atoms with Crippen molar-refractivity contribution in [1.82, 2.24) is 5.16 Å². The topological polar surface area (TPSA) is 72.3 Å². The maximum absolute atomic E-state index is 13.6. The molecule has 0 unspecified atom stereocenters. The first-order valence-corrected chi connectivity index (χ1v) is 4.29. The molecule has 0 saturated carbocycles. The average Bonchev–Trinajstić information content (AvgIpc) is 2.58. The lowest BCUT2D eigenvalue weighted by Crippen LogP contribution is -1.87. The van der Waals surface area contributed by atoms with E-state index in [-0.39, 0.29) is 22.9 Å². The Bertz CT molecular complexity index is 508. The van der Waals surface area contributed by atoms with Gasteiger partial charge >= 0.3 is 0 Å². The van der Waals surface area contributed by atoms with E-state index in [2.05, 4.69) is 5.16 Å². The molecule has 2 aromatic rings. The van der Waals surface area contributed by atoms with Gasteiger partial charge in [-0.15, -0.1) is 0 Å². The van der Waals surface area contributed by atoms with Crippen LogP contribution in [0.25, 0.3) is 11.3 Å². The van der Waals surface area contributed by atoms with Gasteiger partial charge in [0.1, 0.15) is 11.6 Å². The minimum Gasteiger partial charge on any atom is -0.508 e. The van der Waals surface area contributed by atoms with Crippen LogP contribution < -0.4 is 5.73 Å². The molecule has 1 aromatic carbocycles. The molecule has 2 rings (SSSR count). The minimum atomic E-state index is -0.455. The lowest BCUT2D eigenvalue weighted by atomic mass is 10.1. The molecule has 0 aliphatic rings. The molecule has 0 saturated heterocycles. The van der Waals surface area contributed by atoms with Gasteiger partial charge in [-0.1, -0.05) is 5.16 Å². The van der Waals surface area contributed by atoms with Gasteiger partial charge in [0.25, 0.3) is 0 Å². The molecular weight excluding hydrogens is 199 g/mol. The number of aromatic hydroxyl groups is 1. The van der Waals surface area contributed by atoms with Crippen molar-refractivity contribution in [3.63, 3.8) is 0 Å². The Labute approximate surface area is 85.1 Å². The van der Waals surface area contributed by atoms with E-state index in [9.17, 15) is 9.50 Å². The van der Waals surface area contributed by atoms with E-state index in [0.29, 0.717) is 5.56 Å². The van der Waals surface area contributed by atoms with Crippen LogP contribution in [0.2, 0.25) is 0 Å². The number of rotatable bonds is 1. The number of phenolic OH excluding ortho intramolecular Hbond substituents is 1. The highest BCUT2D eigenvalue weighted by Crippen LogP contribution is 2.29. The summed E-state index contributed by atoms with van der Waals surface area (Å²) in [7, 11) is 0. The standard InChI is InChI=1S/C10H9FN2O2/c1-5-2-6(14)3-7(10(5)11)8-4-9(12)13-15-8/h2-4,14H,1H3,(H2,12,13). The van der Waals surface area contributed by atoms with Crippen LogP contribution in [0.5, 0.6) is 5.75 Å². The molecule has 0 atom stereocenters. The van der Waals surface area contributed by atoms with Crippen LogP contribution in [0.4, 0.5) is 10.2 Å². The van der Waals surface area contributed by atoms with Crippen molar-refractivity contribution >= 4 is 5.82 Å². The molecule has 0 aliphatic carbocycles. The number of nitrogens with two attached hydrogens (primary N) is 1. The Morgan fingerprint density at radius 1 is 1.40 bits per heavy atom. The van der Waals surface area contributed by atoms with E-state index in [1.807, 2.05) is 0 Å². The van der Waals surface area contributed by atoms with Crippen LogP contribution in [0.3, 0.4) is 0 Å². The maximum Gasteiger partial charge on any atom is 0.172 e. The average molecular weight is 208 g/mol. The van der Waals surface area contributed by atoms with Crippen molar-refractivity contribution in [2.24, 2.45) is 0 Å². The van der Waals surface area contributed by atoms with Crippen LogP contribution in [-0.4, -0.2) is 10.3 Å². The minimum absolute atomic E-state index is 0.0288. The first-order chi connectivity index (χ1) is 7.08. The van der Waals surface area contributed by atoms with Gasteiger partial charge < -0.3 is 15.4 Å². The number of benzene rings is 1. The Kier molecular flexibility index (Phi) is 2.07. The highest BCUT2D eigenvalue weighted by atomic mass is 19.1. The summed E-state index contributed by atoms with van der Waals surface area (Å²) in [5, 5.41) is 12.8. The largest absolute Gasteiger partial charge is 0.508 e. The summed E-state index contributed by atoms with van der Waals surface area (Å²) in [4.78, 5) is 0. The molecule has 78 valence electrons. The predicted octanol–water partition coefficient (Wildman–Crippen LogP) is 2.08. The molecule has 1 heterocycles. The summed E-state index contributed by atoms with van der Waals surface area (Å²) >= 11 is 0. The first kappa shape index (κ1) is 9.51. The van der Waals surface area contributed by atoms with Gasteiger partial charge in [-0.05, 0) is 24.6 Å². The molecule has 5 heteroatoms. The van der Waals surface area contributed by atoms with Crippen molar-refractivity contribution < 1.29 is 14.0 Å². The van der Waals surface area contributed by atoms with E-state index in [1.165, 1.54) is 18.2 Å². The Morgan fingerprint density at radius 3 is 2.73 bits per heavy atom. The van der Waals surface area contributed by atoms with Gasteiger partial charge in [0.15, 0.2) is 11.6 Å². The van der Waals surface area contributed by atoms with Gasteiger partial charge in [0, 0.05) is 6.07 Å². The van der Waals surface area contributed by atoms with Crippen LogP contribution in [0.15, 0.2) is 22.7 Å². The zero-order chi connectivity index (χ0) is 11.0. The number of hydrogen-bond donors (Lipinski definition) is 2. The van der Waals surface area contributed by atoms with Crippen LogP contribution in [0.1, 0.15) is 5.56 Å². The van der Waals surface area contributed by atoms with Crippen LogP contribution in [-0.2, 0) is 0 Å². The second kappa shape index (κ2) is 3.27. The molecule has 0 aliphatic heterocycles. The second-order valence-corrected chi connectivity index (χ2v) is 3.24. The lowest BCUT2D eigenvalue weighted by molar-refractivity contribution is 0.431. The van der Waals surface area contributed by atoms with Gasteiger partial charge in [-0.2, -0.15) is 0 Å². The maximum atomic E-state index is 13.6. The molecule has 3 N–H and O–H groups in total. The number of aryl methyl sites for hydroxylation is 1. The van der Waals surface area contributed by atoms with Gasteiger partial charge in [-0.3, -0.25) is 0 Å². The summed E-state index contributed by atoms with van der Waals surface area (Å²) < 4.78 is 18.5. The highest BCUT2D eigenvalue weighted by Gasteiger charge is 2.13. The third-order valence-electron chi connectivity index (χ3n) is 2.03. The zero-order valence-electron chi connectivity index (χ0n) is 7.99. The zero-order valence-corrected chi connectivity index (χ0v) is 7.99. The number of phenols is 1. The molecule has 15 heavy (non-hydrogen) atoms. The summed E-state index contributed by atoms with van der Waals surface area (Å²) in [5.41, 5.74) is 5.84. The SMILES string of the molecule is Cc1cc(O)cc(-c2cc(N)no2)c1F. The molecule has 1 aromatic heterocycles. The van der Waals surface area contributed by atoms with Gasteiger partial charge in [0.05, 0.1) is 5.56 Å². The number of anilines is 1. The summed E-state index contributed by atoms with van der Waals surface area (Å²) in [6.45, 7) is 1.55. The summed E-state index contributed by atoms with van der Waals surface area (Å²) in [6, 6.07) is 4.00. The van der Waals surface area contributed by atoms with Crippen LogP contribution >= 0.6 is 0 Å². The van der Waals surface area contributed by atoms with Crippen molar-refractivity contribution in [1.29, 1.82) is 0 Å². The molecule has 0 bridgehead atoms. The number of halogens is 1. The monoisotopic (exact) mass is 208 g/mol. The Balaban J connectivity index is 2.62. The molecule has 0 radical (unpaired) electrons. The molecular formula is C10H9FN2O2. The molecule has 0 amide bonds. The Morgan fingerprint density at radius 2 is 2.13 bits per heavy atom. The fourth-order valence-electron chi connectivity index (χ4n) is 1.35. The number of aromatic nitrogens is 1. The van der Waals surface area contributed by atoms with Gasteiger partial charge in [-0.25, -0.2) is 4.39 Å². The van der Waals surface area contributed by atoms with E-state index >= 15 is 0 Å². The third kappa shape index (κ3) is 1.63. The van der Waals surface area contributed by atoms with Crippen molar-refractivity contribution in [3.05, 3.63) is 29.6 Å². The quantitative estimate of drug-likeness (QED) is 0.752. The fourth-order valence-corrected chi connectivity index (χ4v) is 1.35. The van der Waals surface area contributed by atoms with Crippen LogP contribution in [0, 0.1) is 12.7 Å². The summed E-state index contributed by atoms with van der Waals surface area (Å²) in [5.74, 6) is -0.114. The van der Waals surface area contributed by atoms with Crippen molar-refractivity contribution in [3.8, 4) is 17.1 Å². The molecule has 0 fully saturated rings.